The first-order chi connectivity index (χ1) is 16.2. The number of aliphatic hydroxyl groups excluding tert-OH is 3. The number of rotatable bonds is 2. The molecule has 4 N–H and O–H groups in total. The van der Waals surface area contributed by atoms with E-state index in [1.165, 1.54) is 11.1 Å². The second-order valence-corrected chi connectivity index (χ2v) is 14.1. The van der Waals surface area contributed by atoms with Gasteiger partial charge >= 0.3 is 5.97 Å². The van der Waals surface area contributed by atoms with Gasteiger partial charge in [-0.2, -0.15) is 0 Å². The zero-order valence-corrected chi connectivity index (χ0v) is 22.3. The lowest BCUT2D eigenvalue weighted by atomic mass is 9.33. The third-order valence-electron chi connectivity index (χ3n) is 13.1. The summed E-state index contributed by atoms with van der Waals surface area (Å²) in [4.78, 5) is 12.8. The largest absolute Gasteiger partial charge is 0.481 e. The Kier molecular flexibility index (Phi) is 5.59. The highest BCUT2D eigenvalue weighted by Gasteiger charge is 2.70. The number of hydrogen-bond donors (Lipinski definition) is 4. The standard InChI is InChI=1S/C30H46O5/c1-17-9-12-30(25(34)35)14-13-28(5)19(23(30)18(17)2)7-8-22-26(3)15-20(32)24(33)27(4,16-31)21(26)10-11-29(22,28)6/h7,18,20-24,31-33H,1,8-16H2,2-6H3,(H,34,35)/t18-,20+,21?,22?,23?,24-,26-,27-,28+,29+,30-/m0/s1. The highest BCUT2D eigenvalue weighted by Crippen LogP contribution is 2.75. The maximum Gasteiger partial charge on any atom is 0.310 e. The highest BCUT2D eigenvalue weighted by atomic mass is 16.4. The molecule has 0 heterocycles. The summed E-state index contributed by atoms with van der Waals surface area (Å²) in [5.74, 6) is -0.0668. The van der Waals surface area contributed by atoms with Crippen LogP contribution in [0, 0.1) is 50.7 Å². The molecule has 0 saturated heterocycles. The molecule has 4 saturated carbocycles. The van der Waals surface area contributed by atoms with Crippen LogP contribution in [0.4, 0.5) is 0 Å². The van der Waals surface area contributed by atoms with E-state index < -0.39 is 29.0 Å². The van der Waals surface area contributed by atoms with E-state index >= 15 is 0 Å². The lowest BCUT2D eigenvalue weighted by Gasteiger charge is -2.71. The number of aliphatic carboxylic acids is 1. The molecule has 0 radical (unpaired) electrons. The van der Waals surface area contributed by atoms with E-state index in [0.29, 0.717) is 25.2 Å². The molecule has 0 amide bonds. The lowest BCUT2D eigenvalue weighted by Crippen LogP contribution is -2.68. The molecule has 0 aromatic carbocycles. The number of carboxylic acids is 1. The number of carbonyl (C=O) groups is 1. The van der Waals surface area contributed by atoms with Crippen molar-refractivity contribution < 1.29 is 25.2 Å². The molecule has 4 fully saturated rings. The molecule has 0 bridgehead atoms. The molecule has 0 aliphatic heterocycles. The van der Waals surface area contributed by atoms with Gasteiger partial charge in [-0.05, 0) is 85.4 Å². The van der Waals surface area contributed by atoms with Crippen LogP contribution in [0.3, 0.4) is 0 Å². The number of allylic oxidation sites excluding steroid dienone is 3. The zero-order valence-electron chi connectivity index (χ0n) is 22.3. The summed E-state index contributed by atoms with van der Waals surface area (Å²) in [6.07, 6.45) is 7.00. The van der Waals surface area contributed by atoms with Gasteiger partial charge in [0.25, 0.3) is 0 Å². The molecule has 5 aliphatic carbocycles. The van der Waals surface area contributed by atoms with Crippen LogP contribution >= 0.6 is 0 Å². The van der Waals surface area contributed by atoms with Crippen molar-refractivity contribution in [1.82, 2.24) is 0 Å². The summed E-state index contributed by atoms with van der Waals surface area (Å²) in [5, 5.41) is 42.8. The maximum atomic E-state index is 12.8. The molecular weight excluding hydrogens is 440 g/mol. The Hall–Kier alpha value is -1.17. The van der Waals surface area contributed by atoms with Gasteiger partial charge in [0, 0.05) is 11.3 Å². The fraction of sp³-hybridized carbons (Fsp3) is 0.833. The maximum absolute atomic E-state index is 12.8. The van der Waals surface area contributed by atoms with E-state index in [1.54, 1.807) is 0 Å². The Morgan fingerprint density at radius 3 is 2.40 bits per heavy atom. The minimum absolute atomic E-state index is 0.00946. The molecule has 5 aliphatic rings. The molecule has 196 valence electrons. The van der Waals surface area contributed by atoms with E-state index in [0.717, 1.165) is 32.1 Å². The van der Waals surface area contributed by atoms with Gasteiger partial charge in [0.15, 0.2) is 0 Å². The molecule has 5 rings (SSSR count). The highest BCUT2D eigenvalue weighted by molar-refractivity contribution is 5.77. The van der Waals surface area contributed by atoms with Gasteiger partial charge in [-0.25, -0.2) is 0 Å². The number of aliphatic hydroxyl groups is 3. The Morgan fingerprint density at radius 2 is 1.77 bits per heavy atom. The van der Waals surface area contributed by atoms with E-state index in [-0.39, 0.29) is 40.6 Å². The second kappa shape index (κ2) is 7.68. The molecule has 5 nitrogen and oxygen atoms in total. The molecule has 0 spiro atoms. The minimum atomic E-state index is -0.917. The predicted molar refractivity (Wildman–Crippen MR) is 135 cm³/mol. The molecule has 0 aromatic rings. The average molecular weight is 487 g/mol. The lowest BCUT2D eigenvalue weighted by molar-refractivity contribution is -0.243. The summed E-state index contributed by atoms with van der Waals surface area (Å²) in [6, 6.07) is 0. The Morgan fingerprint density at radius 1 is 1.09 bits per heavy atom. The molecule has 11 atom stereocenters. The monoisotopic (exact) mass is 486 g/mol. The summed E-state index contributed by atoms with van der Waals surface area (Å²) in [7, 11) is 0. The first-order valence-corrected chi connectivity index (χ1v) is 13.8. The van der Waals surface area contributed by atoms with Gasteiger partial charge in [-0.1, -0.05) is 58.4 Å². The second-order valence-electron chi connectivity index (χ2n) is 14.1. The summed E-state index contributed by atoms with van der Waals surface area (Å²) in [6.45, 7) is 15.5. The molecule has 3 unspecified atom stereocenters. The summed E-state index contributed by atoms with van der Waals surface area (Å²) in [5.41, 5.74) is 0.748. The van der Waals surface area contributed by atoms with Crippen molar-refractivity contribution >= 4 is 5.97 Å². The van der Waals surface area contributed by atoms with Gasteiger partial charge in [0.2, 0.25) is 0 Å². The van der Waals surface area contributed by atoms with Crippen molar-refractivity contribution in [2.75, 3.05) is 6.61 Å². The fourth-order valence-electron chi connectivity index (χ4n) is 10.7. The third kappa shape index (κ3) is 2.89. The van der Waals surface area contributed by atoms with Gasteiger partial charge in [-0.3, -0.25) is 4.79 Å². The quantitative estimate of drug-likeness (QED) is 0.414. The van der Waals surface area contributed by atoms with Crippen LogP contribution < -0.4 is 0 Å². The van der Waals surface area contributed by atoms with Crippen LogP contribution in [0.2, 0.25) is 0 Å². The third-order valence-corrected chi connectivity index (χ3v) is 13.1. The average Bonchev–Trinajstić information content (AvgIpc) is 2.80. The van der Waals surface area contributed by atoms with Crippen molar-refractivity contribution in [3.63, 3.8) is 0 Å². The zero-order chi connectivity index (χ0) is 25.8. The van der Waals surface area contributed by atoms with Crippen molar-refractivity contribution in [2.45, 2.75) is 98.2 Å². The van der Waals surface area contributed by atoms with Crippen molar-refractivity contribution in [3.8, 4) is 0 Å². The van der Waals surface area contributed by atoms with E-state index in [1.807, 2.05) is 6.92 Å². The van der Waals surface area contributed by atoms with Crippen molar-refractivity contribution in [1.29, 1.82) is 0 Å². The van der Waals surface area contributed by atoms with Gasteiger partial charge in [0.05, 0.1) is 24.2 Å². The minimum Gasteiger partial charge on any atom is -0.481 e. The van der Waals surface area contributed by atoms with Crippen LogP contribution in [0.5, 0.6) is 0 Å². The number of hydrogen-bond acceptors (Lipinski definition) is 4. The van der Waals surface area contributed by atoms with Crippen LogP contribution in [-0.4, -0.2) is 45.2 Å². The van der Waals surface area contributed by atoms with Crippen LogP contribution in [0.25, 0.3) is 0 Å². The Labute approximate surface area is 210 Å². The predicted octanol–water partition coefficient (Wildman–Crippen LogP) is 4.95. The molecule has 0 aromatic heterocycles. The van der Waals surface area contributed by atoms with Gasteiger partial charge < -0.3 is 20.4 Å². The SMILES string of the molecule is C=C1CC[C@]2(C(=O)O)CC[C@]3(C)C(=CCC4[C@@]5(C)C[C@@H](O)[C@H](O)[C@@](C)(CO)C5CC[C@]43C)C2[C@H]1C. The Balaban J connectivity index is 1.63. The topological polar surface area (TPSA) is 98.0 Å². The molecule has 35 heavy (non-hydrogen) atoms. The van der Waals surface area contributed by atoms with Gasteiger partial charge in [-0.15, -0.1) is 0 Å². The smallest absolute Gasteiger partial charge is 0.310 e. The van der Waals surface area contributed by atoms with E-state index in [9.17, 15) is 25.2 Å². The normalized spacial score (nSPS) is 55.7. The van der Waals surface area contributed by atoms with Crippen LogP contribution in [0.1, 0.15) is 86.0 Å². The molecule has 5 heteroatoms. The summed E-state index contributed by atoms with van der Waals surface area (Å²) < 4.78 is 0. The Bertz CT molecular complexity index is 972. The fourth-order valence-corrected chi connectivity index (χ4v) is 10.7. The van der Waals surface area contributed by atoms with E-state index in [2.05, 4.69) is 40.3 Å². The number of fused-ring (bicyclic) bond motifs is 7. The van der Waals surface area contributed by atoms with Gasteiger partial charge in [0.1, 0.15) is 0 Å². The number of carboxylic acid groups (broad SMARTS) is 1. The molecular formula is C30H46O5. The summed E-state index contributed by atoms with van der Waals surface area (Å²) >= 11 is 0. The van der Waals surface area contributed by atoms with Crippen LogP contribution in [-0.2, 0) is 4.79 Å². The van der Waals surface area contributed by atoms with Crippen LogP contribution in [0.15, 0.2) is 23.8 Å². The van der Waals surface area contributed by atoms with E-state index in [4.69, 9.17) is 0 Å². The van der Waals surface area contributed by atoms with Crippen molar-refractivity contribution in [3.05, 3.63) is 23.8 Å². The first-order valence-electron chi connectivity index (χ1n) is 13.8. The van der Waals surface area contributed by atoms with Crippen molar-refractivity contribution in [2.24, 2.45) is 50.7 Å². The first kappa shape index (κ1) is 25.5.